The van der Waals surface area contributed by atoms with Gasteiger partial charge in [-0.3, -0.25) is 0 Å². The highest BCUT2D eigenvalue weighted by atomic mass is 35.5. The summed E-state index contributed by atoms with van der Waals surface area (Å²) in [5, 5.41) is 1.11. The standard InChI is InChI=1S/C11H10Cl2N2/c1-2-15-7-6-14-11(15)8-4-3-5-9(12)10(8)13/h3-7H,2H2,1H3. The van der Waals surface area contributed by atoms with Gasteiger partial charge in [-0.25, -0.2) is 4.98 Å². The van der Waals surface area contributed by atoms with Crippen LogP contribution < -0.4 is 0 Å². The average molecular weight is 241 g/mol. The minimum atomic E-state index is 0.555. The largest absolute Gasteiger partial charge is 0.331 e. The monoisotopic (exact) mass is 240 g/mol. The van der Waals surface area contributed by atoms with Crippen molar-refractivity contribution in [1.29, 1.82) is 0 Å². The van der Waals surface area contributed by atoms with Crippen molar-refractivity contribution in [2.24, 2.45) is 0 Å². The number of aryl methyl sites for hydroxylation is 1. The number of rotatable bonds is 2. The predicted molar refractivity (Wildman–Crippen MR) is 63.4 cm³/mol. The van der Waals surface area contributed by atoms with Crippen molar-refractivity contribution in [3.05, 3.63) is 40.6 Å². The van der Waals surface area contributed by atoms with Gasteiger partial charge in [0.2, 0.25) is 0 Å². The second-order valence-electron chi connectivity index (χ2n) is 3.14. The lowest BCUT2D eigenvalue weighted by Gasteiger charge is -2.07. The third kappa shape index (κ3) is 1.87. The number of imidazole rings is 1. The Bertz CT molecular complexity index is 477. The van der Waals surface area contributed by atoms with Gasteiger partial charge in [-0.1, -0.05) is 29.3 Å². The third-order valence-corrected chi connectivity index (χ3v) is 3.07. The predicted octanol–water partition coefficient (Wildman–Crippen LogP) is 3.88. The van der Waals surface area contributed by atoms with Crippen molar-refractivity contribution >= 4 is 23.2 Å². The van der Waals surface area contributed by atoms with E-state index in [1.165, 1.54) is 0 Å². The molecule has 15 heavy (non-hydrogen) atoms. The molecule has 0 saturated carbocycles. The highest BCUT2D eigenvalue weighted by Gasteiger charge is 2.10. The summed E-state index contributed by atoms with van der Waals surface area (Å²) in [4.78, 5) is 4.28. The maximum Gasteiger partial charge on any atom is 0.141 e. The summed E-state index contributed by atoms with van der Waals surface area (Å²) in [6.45, 7) is 2.92. The van der Waals surface area contributed by atoms with Gasteiger partial charge in [0.15, 0.2) is 0 Å². The summed E-state index contributed by atoms with van der Waals surface area (Å²) < 4.78 is 2.03. The van der Waals surface area contributed by atoms with Crippen LogP contribution in [0.25, 0.3) is 11.4 Å². The summed E-state index contributed by atoms with van der Waals surface area (Å²) in [7, 11) is 0. The molecule has 0 N–H and O–H groups in total. The zero-order valence-corrected chi connectivity index (χ0v) is 9.76. The van der Waals surface area contributed by atoms with Gasteiger partial charge < -0.3 is 4.57 Å². The number of aromatic nitrogens is 2. The van der Waals surface area contributed by atoms with Gasteiger partial charge in [-0.15, -0.1) is 0 Å². The molecule has 0 bridgehead atoms. The first-order valence-corrected chi connectivity index (χ1v) is 5.45. The van der Waals surface area contributed by atoms with Crippen LogP contribution in [0.15, 0.2) is 30.6 Å². The van der Waals surface area contributed by atoms with E-state index >= 15 is 0 Å². The second-order valence-corrected chi connectivity index (χ2v) is 3.92. The van der Waals surface area contributed by atoms with Gasteiger partial charge in [0.25, 0.3) is 0 Å². The molecule has 2 rings (SSSR count). The minimum absolute atomic E-state index is 0.555. The molecular weight excluding hydrogens is 231 g/mol. The molecule has 1 aromatic carbocycles. The molecule has 0 unspecified atom stereocenters. The fourth-order valence-corrected chi connectivity index (χ4v) is 1.87. The molecule has 0 amide bonds. The minimum Gasteiger partial charge on any atom is -0.331 e. The van der Waals surface area contributed by atoms with E-state index in [4.69, 9.17) is 23.2 Å². The molecule has 0 aliphatic carbocycles. The van der Waals surface area contributed by atoms with E-state index in [-0.39, 0.29) is 0 Å². The molecule has 0 aliphatic heterocycles. The Balaban J connectivity index is 2.59. The van der Waals surface area contributed by atoms with E-state index in [1.807, 2.05) is 22.9 Å². The van der Waals surface area contributed by atoms with Crippen LogP contribution in [0.5, 0.6) is 0 Å². The van der Waals surface area contributed by atoms with E-state index in [2.05, 4.69) is 11.9 Å². The first kappa shape index (κ1) is 10.5. The van der Waals surface area contributed by atoms with Gasteiger partial charge in [0.05, 0.1) is 10.0 Å². The Morgan fingerprint density at radius 3 is 2.87 bits per heavy atom. The molecule has 78 valence electrons. The number of nitrogens with zero attached hydrogens (tertiary/aromatic N) is 2. The number of halogens is 2. The van der Waals surface area contributed by atoms with Crippen LogP contribution in [0, 0.1) is 0 Å². The van der Waals surface area contributed by atoms with Crippen LogP contribution in [0.4, 0.5) is 0 Å². The van der Waals surface area contributed by atoms with E-state index in [1.54, 1.807) is 12.3 Å². The van der Waals surface area contributed by atoms with E-state index in [0.29, 0.717) is 10.0 Å². The number of benzene rings is 1. The van der Waals surface area contributed by atoms with Gasteiger partial charge in [-0.2, -0.15) is 0 Å². The molecule has 0 fully saturated rings. The first-order chi connectivity index (χ1) is 7.24. The molecule has 0 radical (unpaired) electrons. The fraction of sp³-hybridized carbons (Fsp3) is 0.182. The molecule has 2 nitrogen and oxygen atoms in total. The Labute approximate surface area is 98.5 Å². The Morgan fingerprint density at radius 2 is 2.13 bits per heavy atom. The zero-order chi connectivity index (χ0) is 10.8. The van der Waals surface area contributed by atoms with Crippen LogP contribution in [0.3, 0.4) is 0 Å². The van der Waals surface area contributed by atoms with Gasteiger partial charge in [0, 0.05) is 24.5 Å². The fourth-order valence-electron chi connectivity index (χ4n) is 1.49. The smallest absolute Gasteiger partial charge is 0.141 e. The molecule has 0 aliphatic rings. The van der Waals surface area contributed by atoms with Gasteiger partial charge in [-0.05, 0) is 19.1 Å². The Morgan fingerprint density at radius 1 is 1.33 bits per heavy atom. The summed E-state index contributed by atoms with van der Waals surface area (Å²) in [6, 6.07) is 5.56. The normalized spacial score (nSPS) is 10.6. The highest BCUT2D eigenvalue weighted by molar-refractivity contribution is 6.43. The first-order valence-electron chi connectivity index (χ1n) is 4.69. The summed E-state index contributed by atoms with van der Waals surface area (Å²) in [5.74, 6) is 0.852. The lowest BCUT2D eigenvalue weighted by atomic mass is 10.2. The van der Waals surface area contributed by atoms with Crippen LogP contribution >= 0.6 is 23.2 Å². The Kier molecular flexibility index (Phi) is 2.98. The van der Waals surface area contributed by atoms with Crippen LogP contribution in [-0.2, 0) is 6.54 Å². The van der Waals surface area contributed by atoms with Crippen molar-refractivity contribution in [2.75, 3.05) is 0 Å². The van der Waals surface area contributed by atoms with Crippen molar-refractivity contribution in [2.45, 2.75) is 13.5 Å². The molecule has 0 atom stereocenters. The van der Waals surface area contributed by atoms with Crippen molar-refractivity contribution in [1.82, 2.24) is 9.55 Å². The lowest BCUT2D eigenvalue weighted by Crippen LogP contribution is -1.96. The van der Waals surface area contributed by atoms with Crippen LogP contribution in [0.1, 0.15) is 6.92 Å². The number of hydrogen-bond donors (Lipinski definition) is 0. The van der Waals surface area contributed by atoms with E-state index < -0.39 is 0 Å². The molecule has 4 heteroatoms. The highest BCUT2D eigenvalue weighted by Crippen LogP contribution is 2.32. The van der Waals surface area contributed by atoms with Crippen LogP contribution in [0.2, 0.25) is 10.0 Å². The molecule has 2 aromatic rings. The van der Waals surface area contributed by atoms with Crippen molar-refractivity contribution in [3.8, 4) is 11.4 Å². The molecule has 0 saturated heterocycles. The summed E-state index contributed by atoms with van der Waals surface area (Å²) in [6.07, 6.45) is 3.68. The summed E-state index contributed by atoms with van der Waals surface area (Å²) in [5.41, 5.74) is 0.871. The summed E-state index contributed by atoms with van der Waals surface area (Å²) >= 11 is 12.1. The topological polar surface area (TPSA) is 17.8 Å². The Hall–Kier alpha value is -0.990. The number of hydrogen-bond acceptors (Lipinski definition) is 1. The molecular formula is C11H10Cl2N2. The lowest BCUT2D eigenvalue weighted by molar-refractivity contribution is 0.771. The van der Waals surface area contributed by atoms with Crippen molar-refractivity contribution in [3.63, 3.8) is 0 Å². The quantitative estimate of drug-likeness (QED) is 0.780. The van der Waals surface area contributed by atoms with E-state index in [0.717, 1.165) is 17.9 Å². The zero-order valence-electron chi connectivity index (χ0n) is 8.24. The van der Waals surface area contributed by atoms with E-state index in [9.17, 15) is 0 Å². The van der Waals surface area contributed by atoms with Crippen molar-refractivity contribution < 1.29 is 0 Å². The second kappa shape index (κ2) is 4.25. The van der Waals surface area contributed by atoms with Gasteiger partial charge >= 0.3 is 0 Å². The molecule has 0 spiro atoms. The maximum atomic E-state index is 6.13. The average Bonchev–Trinajstić information content (AvgIpc) is 2.70. The third-order valence-electron chi connectivity index (χ3n) is 2.25. The van der Waals surface area contributed by atoms with Crippen LogP contribution in [-0.4, -0.2) is 9.55 Å². The van der Waals surface area contributed by atoms with Gasteiger partial charge in [0.1, 0.15) is 5.82 Å². The molecule has 1 heterocycles. The SMILES string of the molecule is CCn1ccnc1-c1cccc(Cl)c1Cl. The molecule has 1 aromatic heterocycles. The maximum absolute atomic E-state index is 6.13.